The van der Waals surface area contributed by atoms with Gasteiger partial charge in [-0.2, -0.15) is 0 Å². The van der Waals surface area contributed by atoms with E-state index in [1.165, 1.54) is 6.08 Å². The number of benzene rings is 1. The van der Waals surface area contributed by atoms with Crippen LogP contribution in [0, 0.1) is 0 Å². The highest BCUT2D eigenvalue weighted by Gasteiger charge is 2.06. The lowest BCUT2D eigenvalue weighted by Gasteiger charge is -2.11. The van der Waals surface area contributed by atoms with Crippen LogP contribution in [0.15, 0.2) is 24.3 Å². The van der Waals surface area contributed by atoms with E-state index in [9.17, 15) is 9.59 Å². The molecule has 0 aliphatic rings. The summed E-state index contributed by atoms with van der Waals surface area (Å²) in [5.74, 6) is 0.0916. The summed E-state index contributed by atoms with van der Waals surface area (Å²) < 4.78 is 10.9. The fraction of sp³-hybridized carbons (Fsp3) is 0.375. The molecule has 0 saturated heterocycles. The van der Waals surface area contributed by atoms with Crippen molar-refractivity contribution in [1.82, 2.24) is 0 Å². The van der Waals surface area contributed by atoms with Gasteiger partial charge in [0.2, 0.25) is 0 Å². The molecule has 0 atom stereocenters. The number of hydrogen-bond donors (Lipinski definition) is 1. The number of carboxylic acid groups (broad SMARTS) is 1. The van der Waals surface area contributed by atoms with Gasteiger partial charge in [-0.3, -0.25) is 9.59 Å². The lowest BCUT2D eigenvalue weighted by atomic mass is 10.1. The summed E-state index contributed by atoms with van der Waals surface area (Å²) in [5, 5.41) is 8.52. The molecule has 0 bridgehead atoms. The third-order valence-electron chi connectivity index (χ3n) is 2.61. The molecule has 21 heavy (non-hydrogen) atoms. The molecule has 5 heteroatoms. The molecule has 1 N–H and O–H groups in total. The fourth-order valence-electron chi connectivity index (χ4n) is 1.67. The van der Waals surface area contributed by atoms with Crippen LogP contribution in [-0.2, 0) is 9.59 Å². The summed E-state index contributed by atoms with van der Waals surface area (Å²) in [6.45, 7) is 4.84. The van der Waals surface area contributed by atoms with Crippen molar-refractivity contribution >= 4 is 17.8 Å². The Balaban J connectivity index is 2.76. The van der Waals surface area contributed by atoms with Crippen LogP contribution >= 0.6 is 0 Å². The van der Waals surface area contributed by atoms with Crippen molar-refractivity contribution in [3.63, 3.8) is 0 Å². The Kier molecular flexibility index (Phi) is 7.01. The largest absolute Gasteiger partial charge is 0.490 e. The molecule has 0 aliphatic heterocycles. The van der Waals surface area contributed by atoms with Gasteiger partial charge in [-0.05, 0) is 37.6 Å². The zero-order valence-electron chi connectivity index (χ0n) is 12.3. The van der Waals surface area contributed by atoms with Gasteiger partial charge in [0.25, 0.3) is 0 Å². The number of aliphatic carboxylic acids is 1. The van der Waals surface area contributed by atoms with Gasteiger partial charge in [0.1, 0.15) is 0 Å². The van der Waals surface area contributed by atoms with E-state index < -0.39 is 5.97 Å². The number of ether oxygens (including phenoxy) is 2. The van der Waals surface area contributed by atoms with Crippen molar-refractivity contribution in [2.75, 3.05) is 13.2 Å². The van der Waals surface area contributed by atoms with E-state index in [4.69, 9.17) is 14.6 Å². The van der Waals surface area contributed by atoms with Crippen molar-refractivity contribution in [3.05, 3.63) is 29.8 Å². The molecule has 0 aliphatic carbocycles. The fourth-order valence-corrected chi connectivity index (χ4v) is 1.67. The Hall–Kier alpha value is -2.30. The highest BCUT2D eigenvalue weighted by atomic mass is 16.5. The minimum absolute atomic E-state index is 0.00117. The second-order valence-electron chi connectivity index (χ2n) is 4.27. The number of allylic oxidation sites excluding steroid dienone is 1. The molecule has 1 aromatic rings. The average Bonchev–Trinajstić information content (AvgIpc) is 2.45. The highest BCUT2D eigenvalue weighted by Crippen LogP contribution is 2.29. The molecule has 0 unspecified atom stereocenters. The van der Waals surface area contributed by atoms with Gasteiger partial charge < -0.3 is 14.6 Å². The molecule has 0 amide bonds. The van der Waals surface area contributed by atoms with Crippen LogP contribution in [0.3, 0.4) is 0 Å². The van der Waals surface area contributed by atoms with Crippen molar-refractivity contribution in [3.8, 4) is 11.5 Å². The number of ketones is 1. The molecule has 114 valence electrons. The number of carbonyl (C=O) groups is 2. The van der Waals surface area contributed by atoms with Crippen LogP contribution in [-0.4, -0.2) is 30.1 Å². The summed E-state index contributed by atoms with van der Waals surface area (Å²) in [6, 6.07) is 5.39. The Labute approximate surface area is 124 Å². The van der Waals surface area contributed by atoms with Crippen LogP contribution in [0.4, 0.5) is 0 Å². The minimum Gasteiger partial charge on any atom is -0.490 e. The number of rotatable bonds is 9. The summed E-state index contributed by atoms with van der Waals surface area (Å²) >= 11 is 0. The molecule has 0 aromatic heterocycles. The zero-order valence-corrected chi connectivity index (χ0v) is 12.3. The summed E-state index contributed by atoms with van der Waals surface area (Å²) in [6.07, 6.45) is 2.87. The summed E-state index contributed by atoms with van der Waals surface area (Å²) in [5.41, 5.74) is 0.797. The topological polar surface area (TPSA) is 72.8 Å². The van der Waals surface area contributed by atoms with Crippen LogP contribution in [0.25, 0.3) is 6.08 Å². The lowest BCUT2D eigenvalue weighted by Crippen LogP contribution is -2.00. The Bertz CT molecular complexity index is 519. The third kappa shape index (κ3) is 6.12. The van der Waals surface area contributed by atoms with Crippen molar-refractivity contribution in [2.24, 2.45) is 0 Å². The van der Waals surface area contributed by atoms with E-state index in [2.05, 4.69) is 0 Å². The first-order valence-corrected chi connectivity index (χ1v) is 6.89. The van der Waals surface area contributed by atoms with Gasteiger partial charge in [-0.15, -0.1) is 0 Å². The standard InChI is InChI=1S/C16H20O5/c1-3-20-14-9-6-12(11-15(14)21-4-2)5-7-13(17)8-10-16(18)19/h5-7,9,11H,3-4,8,10H2,1-2H3,(H,18,19)/b7-5+. The number of carbonyl (C=O) groups excluding carboxylic acids is 1. The molecule has 0 radical (unpaired) electrons. The monoisotopic (exact) mass is 292 g/mol. The van der Waals surface area contributed by atoms with Crippen LogP contribution in [0.1, 0.15) is 32.3 Å². The van der Waals surface area contributed by atoms with Gasteiger partial charge in [0.05, 0.1) is 19.6 Å². The number of hydrogen-bond acceptors (Lipinski definition) is 4. The predicted octanol–water partition coefficient (Wildman–Crippen LogP) is 2.93. The van der Waals surface area contributed by atoms with E-state index in [0.29, 0.717) is 24.7 Å². The van der Waals surface area contributed by atoms with Crippen LogP contribution in [0.2, 0.25) is 0 Å². The molecule has 0 heterocycles. The molecule has 1 rings (SSSR count). The van der Waals surface area contributed by atoms with Gasteiger partial charge in [0.15, 0.2) is 17.3 Å². The average molecular weight is 292 g/mol. The Morgan fingerprint density at radius 3 is 2.38 bits per heavy atom. The summed E-state index contributed by atoms with van der Waals surface area (Å²) in [4.78, 5) is 21.9. The van der Waals surface area contributed by atoms with E-state index in [0.717, 1.165) is 5.56 Å². The maximum atomic E-state index is 11.5. The predicted molar refractivity (Wildman–Crippen MR) is 79.7 cm³/mol. The van der Waals surface area contributed by atoms with E-state index in [-0.39, 0.29) is 18.6 Å². The first-order valence-electron chi connectivity index (χ1n) is 6.89. The second kappa shape index (κ2) is 8.79. The molecule has 0 saturated carbocycles. The highest BCUT2D eigenvalue weighted by molar-refractivity contribution is 5.95. The second-order valence-corrected chi connectivity index (χ2v) is 4.27. The third-order valence-corrected chi connectivity index (χ3v) is 2.61. The molecular weight excluding hydrogens is 272 g/mol. The van der Waals surface area contributed by atoms with Crippen molar-refractivity contribution in [1.29, 1.82) is 0 Å². The normalized spacial score (nSPS) is 10.6. The summed E-state index contributed by atoms with van der Waals surface area (Å²) in [7, 11) is 0. The lowest BCUT2D eigenvalue weighted by molar-refractivity contribution is -0.138. The quantitative estimate of drug-likeness (QED) is 0.708. The Morgan fingerprint density at radius 2 is 1.76 bits per heavy atom. The molecular formula is C16H20O5. The maximum Gasteiger partial charge on any atom is 0.303 e. The molecule has 5 nitrogen and oxygen atoms in total. The van der Waals surface area contributed by atoms with Crippen molar-refractivity contribution < 1.29 is 24.2 Å². The maximum absolute atomic E-state index is 11.5. The number of carboxylic acids is 1. The molecule has 0 fully saturated rings. The SMILES string of the molecule is CCOc1ccc(/C=C/C(=O)CCC(=O)O)cc1OCC. The van der Waals surface area contributed by atoms with Crippen LogP contribution < -0.4 is 9.47 Å². The first-order chi connectivity index (χ1) is 10.1. The van der Waals surface area contributed by atoms with Gasteiger partial charge >= 0.3 is 5.97 Å². The van der Waals surface area contributed by atoms with Crippen molar-refractivity contribution in [2.45, 2.75) is 26.7 Å². The van der Waals surface area contributed by atoms with Gasteiger partial charge in [-0.1, -0.05) is 12.1 Å². The van der Waals surface area contributed by atoms with Gasteiger partial charge in [-0.25, -0.2) is 0 Å². The Morgan fingerprint density at radius 1 is 1.10 bits per heavy atom. The first kappa shape index (κ1) is 16.8. The van der Waals surface area contributed by atoms with E-state index in [1.54, 1.807) is 18.2 Å². The van der Waals surface area contributed by atoms with Gasteiger partial charge in [0, 0.05) is 6.42 Å². The minimum atomic E-state index is -0.976. The molecule has 1 aromatic carbocycles. The smallest absolute Gasteiger partial charge is 0.303 e. The zero-order chi connectivity index (χ0) is 15.7. The van der Waals surface area contributed by atoms with E-state index >= 15 is 0 Å². The van der Waals surface area contributed by atoms with E-state index in [1.807, 2.05) is 19.9 Å². The van der Waals surface area contributed by atoms with Crippen LogP contribution in [0.5, 0.6) is 11.5 Å². The molecule has 0 spiro atoms.